The van der Waals surface area contributed by atoms with E-state index in [0.717, 1.165) is 3.57 Å². The lowest BCUT2D eigenvalue weighted by atomic mass is 10.2. The summed E-state index contributed by atoms with van der Waals surface area (Å²) < 4.78 is 18.9. The maximum absolute atomic E-state index is 13.0. The van der Waals surface area contributed by atoms with Crippen LogP contribution in [0.15, 0.2) is 47.6 Å². The van der Waals surface area contributed by atoms with Gasteiger partial charge in [0.25, 0.3) is 5.91 Å². The number of hydrazone groups is 1. The molecule has 0 radical (unpaired) electrons. The predicted molar refractivity (Wildman–Crippen MR) is 87.2 cm³/mol. The van der Waals surface area contributed by atoms with Crippen LogP contribution in [0.2, 0.25) is 0 Å². The van der Waals surface area contributed by atoms with Crippen molar-refractivity contribution in [2.75, 3.05) is 7.11 Å². The van der Waals surface area contributed by atoms with Gasteiger partial charge in [-0.25, -0.2) is 9.82 Å². The highest BCUT2D eigenvalue weighted by atomic mass is 127. The number of hydrogen-bond acceptors (Lipinski definition) is 3. The number of halogens is 2. The van der Waals surface area contributed by atoms with Gasteiger partial charge in [0.05, 0.1) is 16.9 Å². The van der Waals surface area contributed by atoms with Crippen LogP contribution in [0.1, 0.15) is 15.9 Å². The molecule has 2 rings (SSSR count). The van der Waals surface area contributed by atoms with Gasteiger partial charge in [0.2, 0.25) is 0 Å². The van der Waals surface area contributed by atoms with E-state index in [9.17, 15) is 9.18 Å². The normalized spacial score (nSPS) is 10.6. The molecule has 0 aliphatic rings. The number of nitrogens with zero attached hydrogens (tertiary/aromatic N) is 1. The molecule has 0 spiro atoms. The van der Waals surface area contributed by atoms with Gasteiger partial charge in [-0.15, -0.1) is 0 Å². The summed E-state index contributed by atoms with van der Waals surface area (Å²) in [5.74, 6) is 0.00798. The van der Waals surface area contributed by atoms with Crippen molar-refractivity contribution in [3.63, 3.8) is 0 Å². The number of nitrogens with one attached hydrogen (secondary N) is 1. The van der Waals surface area contributed by atoms with Gasteiger partial charge in [-0.1, -0.05) is 12.1 Å². The van der Waals surface area contributed by atoms with E-state index in [1.165, 1.54) is 18.3 Å². The molecule has 21 heavy (non-hydrogen) atoms. The van der Waals surface area contributed by atoms with Crippen molar-refractivity contribution in [1.82, 2.24) is 5.43 Å². The van der Waals surface area contributed by atoms with Gasteiger partial charge in [-0.3, -0.25) is 4.79 Å². The summed E-state index contributed by atoms with van der Waals surface area (Å²) in [6.07, 6.45) is 1.38. The van der Waals surface area contributed by atoms with E-state index in [0.29, 0.717) is 16.9 Å². The zero-order valence-electron chi connectivity index (χ0n) is 11.1. The lowest BCUT2D eigenvalue weighted by Crippen LogP contribution is -2.17. The average Bonchev–Trinajstić information content (AvgIpc) is 2.47. The number of carbonyl (C=O) groups excluding carboxylic acids is 1. The van der Waals surface area contributed by atoms with Crippen molar-refractivity contribution in [3.8, 4) is 5.75 Å². The molecule has 0 aliphatic heterocycles. The zero-order chi connectivity index (χ0) is 15.2. The molecule has 0 saturated heterocycles. The summed E-state index contributed by atoms with van der Waals surface area (Å²) in [5.41, 5.74) is 3.43. The van der Waals surface area contributed by atoms with Crippen molar-refractivity contribution in [2.45, 2.75) is 0 Å². The topological polar surface area (TPSA) is 50.7 Å². The molecule has 0 aromatic heterocycles. The van der Waals surface area contributed by atoms with Crippen molar-refractivity contribution in [3.05, 3.63) is 63.0 Å². The Morgan fingerprint density at radius 3 is 2.81 bits per heavy atom. The summed E-state index contributed by atoms with van der Waals surface area (Å²) in [4.78, 5) is 11.9. The molecule has 0 heterocycles. The minimum atomic E-state index is -0.352. The first-order valence-corrected chi connectivity index (χ1v) is 7.10. The second-order valence-electron chi connectivity index (χ2n) is 4.10. The number of rotatable bonds is 4. The third-order valence-electron chi connectivity index (χ3n) is 2.64. The van der Waals surface area contributed by atoms with Crippen molar-refractivity contribution >= 4 is 34.7 Å². The van der Waals surface area contributed by atoms with Gasteiger partial charge in [0, 0.05) is 5.56 Å². The van der Waals surface area contributed by atoms with Crippen LogP contribution in [0.25, 0.3) is 0 Å². The molecule has 1 amide bonds. The van der Waals surface area contributed by atoms with Crippen LogP contribution in [-0.2, 0) is 0 Å². The smallest absolute Gasteiger partial charge is 0.271 e. The van der Waals surface area contributed by atoms with Crippen LogP contribution < -0.4 is 10.2 Å². The zero-order valence-corrected chi connectivity index (χ0v) is 13.3. The molecule has 2 aromatic carbocycles. The monoisotopic (exact) mass is 398 g/mol. The number of ether oxygens (including phenoxy) is 1. The SMILES string of the molecule is COc1ccc(C(=O)N/N=C/c2cccc(F)c2)cc1I. The maximum atomic E-state index is 13.0. The number of carbonyl (C=O) groups is 1. The highest BCUT2D eigenvalue weighted by molar-refractivity contribution is 14.1. The van der Waals surface area contributed by atoms with Gasteiger partial charge in [-0.2, -0.15) is 5.10 Å². The summed E-state index contributed by atoms with van der Waals surface area (Å²) in [5, 5.41) is 3.81. The minimum Gasteiger partial charge on any atom is -0.496 e. The molecule has 0 unspecified atom stereocenters. The fraction of sp³-hybridized carbons (Fsp3) is 0.0667. The molecule has 4 nitrogen and oxygen atoms in total. The molecule has 0 saturated carbocycles. The van der Waals surface area contributed by atoms with Crippen LogP contribution >= 0.6 is 22.6 Å². The second-order valence-corrected chi connectivity index (χ2v) is 5.27. The van der Waals surface area contributed by atoms with E-state index in [1.807, 2.05) is 0 Å². The highest BCUT2D eigenvalue weighted by Crippen LogP contribution is 2.21. The number of methoxy groups -OCH3 is 1. The fourth-order valence-corrected chi connectivity index (χ4v) is 2.36. The van der Waals surface area contributed by atoms with Crippen LogP contribution in [0.4, 0.5) is 4.39 Å². The molecule has 0 aliphatic carbocycles. The Morgan fingerprint density at radius 2 is 2.14 bits per heavy atom. The molecule has 1 N–H and O–H groups in total. The van der Waals surface area contributed by atoms with Crippen molar-refractivity contribution in [2.24, 2.45) is 5.10 Å². The van der Waals surface area contributed by atoms with Crippen molar-refractivity contribution in [1.29, 1.82) is 0 Å². The Bertz CT molecular complexity index is 689. The fourth-order valence-electron chi connectivity index (χ4n) is 1.62. The molecule has 0 bridgehead atoms. The van der Waals surface area contributed by atoms with Gasteiger partial charge in [0.1, 0.15) is 11.6 Å². The van der Waals surface area contributed by atoms with Gasteiger partial charge < -0.3 is 4.74 Å². The number of hydrogen-bond donors (Lipinski definition) is 1. The third-order valence-corrected chi connectivity index (χ3v) is 3.49. The Hall–Kier alpha value is -1.96. The Labute approximate surface area is 135 Å². The largest absolute Gasteiger partial charge is 0.496 e. The standard InChI is InChI=1S/C15H12FIN2O2/c1-21-14-6-5-11(8-13(14)17)15(20)19-18-9-10-3-2-4-12(16)7-10/h2-9H,1H3,(H,19,20)/b18-9+. The third kappa shape index (κ3) is 4.25. The van der Waals surface area contributed by atoms with Crippen LogP contribution in [0, 0.1) is 9.39 Å². The van der Waals surface area contributed by atoms with E-state index in [4.69, 9.17) is 4.74 Å². The second kappa shape index (κ2) is 7.16. The average molecular weight is 398 g/mol. The van der Waals surface area contributed by atoms with E-state index < -0.39 is 0 Å². The first-order valence-electron chi connectivity index (χ1n) is 6.02. The summed E-state index contributed by atoms with van der Waals surface area (Å²) in [6, 6.07) is 11.0. The van der Waals surface area contributed by atoms with E-state index in [1.54, 1.807) is 37.4 Å². The minimum absolute atomic E-state index is 0.344. The first kappa shape index (κ1) is 15.4. The number of amides is 1. The van der Waals surface area contributed by atoms with E-state index in [2.05, 4.69) is 33.1 Å². The number of benzene rings is 2. The molecule has 2 aromatic rings. The van der Waals surface area contributed by atoms with Gasteiger partial charge in [0.15, 0.2) is 0 Å². The summed E-state index contributed by atoms with van der Waals surface area (Å²) in [6.45, 7) is 0. The first-order chi connectivity index (χ1) is 10.1. The van der Waals surface area contributed by atoms with Gasteiger partial charge in [-0.05, 0) is 58.5 Å². The Balaban J connectivity index is 2.03. The van der Waals surface area contributed by atoms with Crippen molar-refractivity contribution < 1.29 is 13.9 Å². The summed E-state index contributed by atoms with van der Waals surface area (Å²) in [7, 11) is 1.57. The molecule has 0 fully saturated rings. The molecular weight excluding hydrogens is 386 g/mol. The summed E-state index contributed by atoms with van der Waals surface area (Å²) >= 11 is 2.08. The Morgan fingerprint density at radius 1 is 1.33 bits per heavy atom. The maximum Gasteiger partial charge on any atom is 0.271 e. The predicted octanol–water partition coefficient (Wildman–Crippen LogP) is 3.20. The van der Waals surface area contributed by atoms with Crippen LogP contribution in [0.5, 0.6) is 5.75 Å². The molecule has 6 heteroatoms. The van der Waals surface area contributed by atoms with Crippen LogP contribution in [0.3, 0.4) is 0 Å². The van der Waals surface area contributed by atoms with Gasteiger partial charge >= 0.3 is 0 Å². The lowest BCUT2D eigenvalue weighted by Gasteiger charge is -2.05. The highest BCUT2D eigenvalue weighted by Gasteiger charge is 2.07. The lowest BCUT2D eigenvalue weighted by molar-refractivity contribution is 0.0955. The molecular formula is C15H12FIN2O2. The molecule has 108 valence electrons. The van der Waals surface area contributed by atoms with Crippen LogP contribution in [-0.4, -0.2) is 19.2 Å². The quantitative estimate of drug-likeness (QED) is 0.489. The Kier molecular flexibility index (Phi) is 5.26. The van der Waals surface area contributed by atoms with E-state index >= 15 is 0 Å². The van der Waals surface area contributed by atoms with E-state index in [-0.39, 0.29) is 11.7 Å². The molecule has 0 atom stereocenters.